The predicted molar refractivity (Wildman–Crippen MR) is 103 cm³/mol. The maximum atomic E-state index is 12.0. The zero-order valence-corrected chi connectivity index (χ0v) is 16.1. The van der Waals surface area contributed by atoms with Crippen molar-refractivity contribution >= 4 is 21.2 Å². The predicted octanol–water partition coefficient (Wildman–Crippen LogP) is 3.39. The standard InChI is InChI=1S/C19H22N2O5S/c1-26-17-5-3-4-15(12-17)14-8-10-20(11-9-14)16-6-7-18(21(22)23)19(13-16)27(2,24)25/h3-7,12-14H,8-11H2,1-2H3. The van der Waals surface area contributed by atoms with E-state index in [2.05, 4.69) is 11.0 Å². The van der Waals surface area contributed by atoms with E-state index in [1.165, 1.54) is 17.7 Å². The van der Waals surface area contributed by atoms with Crippen LogP contribution in [0.1, 0.15) is 24.3 Å². The van der Waals surface area contributed by atoms with E-state index in [0.717, 1.165) is 37.9 Å². The topological polar surface area (TPSA) is 89.8 Å². The molecule has 8 heteroatoms. The highest BCUT2D eigenvalue weighted by Crippen LogP contribution is 2.34. The molecule has 0 radical (unpaired) electrons. The summed E-state index contributed by atoms with van der Waals surface area (Å²) in [6.45, 7) is 1.51. The Balaban J connectivity index is 1.79. The number of nitro groups is 1. The minimum absolute atomic E-state index is 0.236. The van der Waals surface area contributed by atoms with E-state index in [1.807, 2.05) is 18.2 Å². The Hall–Kier alpha value is -2.61. The van der Waals surface area contributed by atoms with Gasteiger partial charge in [-0.2, -0.15) is 0 Å². The van der Waals surface area contributed by atoms with Crippen LogP contribution in [0.3, 0.4) is 0 Å². The molecule has 2 aromatic rings. The van der Waals surface area contributed by atoms with Gasteiger partial charge in [0.25, 0.3) is 5.69 Å². The van der Waals surface area contributed by atoms with Crippen molar-refractivity contribution in [3.63, 3.8) is 0 Å². The third-order valence-corrected chi connectivity index (χ3v) is 6.09. The molecule has 27 heavy (non-hydrogen) atoms. The third kappa shape index (κ3) is 4.21. The van der Waals surface area contributed by atoms with Gasteiger partial charge < -0.3 is 9.64 Å². The number of benzene rings is 2. The first kappa shape index (κ1) is 19.2. The van der Waals surface area contributed by atoms with Gasteiger partial charge in [-0.3, -0.25) is 10.1 Å². The normalized spacial score (nSPS) is 15.6. The second-order valence-electron chi connectivity index (χ2n) is 6.72. The van der Waals surface area contributed by atoms with Gasteiger partial charge in [0.05, 0.1) is 12.0 Å². The number of anilines is 1. The Morgan fingerprint density at radius 1 is 1.15 bits per heavy atom. The van der Waals surface area contributed by atoms with Crippen LogP contribution in [0.15, 0.2) is 47.4 Å². The number of ether oxygens (including phenoxy) is 1. The monoisotopic (exact) mass is 390 g/mol. The molecule has 1 saturated heterocycles. The Kier molecular flexibility index (Phi) is 5.36. The van der Waals surface area contributed by atoms with Gasteiger partial charge in [0.2, 0.25) is 0 Å². The lowest BCUT2D eigenvalue weighted by Gasteiger charge is -2.34. The van der Waals surface area contributed by atoms with Crippen LogP contribution in [-0.4, -0.2) is 39.8 Å². The fourth-order valence-corrected chi connectivity index (χ4v) is 4.37. The Labute approximate surface area is 158 Å². The van der Waals surface area contributed by atoms with Crippen molar-refractivity contribution in [2.45, 2.75) is 23.7 Å². The summed E-state index contributed by atoms with van der Waals surface area (Å²) in [7, 11) is -2.03. The molecular weight excluding hydrogens is 368 g/mol. The smallest absolute Gasteiger partial charge is 0.288 e. The number of rotatable bonds is 5. The average Bonchev–Trinajstić information content (AvgIpc) is 2.67. The second-order valence-corrected chi connectivity index (χ2v) is 8.70. The van der Waals surface area contributed by atoms with E-state index < -0.39 is 14.8 Å². The van der Waals surface area contributed by atoms with Crippen molar-refractivity contribution in [2.24, 2.45) is 0 Å². The van der Waals surface area contributed by atoms with Crippen molar-refractivity contribution in [3.05, 3.63) is 58.1 Å². The van der Waals surface area contributed by atoms with Crippen LogP contribution in [-0.2, 0) is 9.84 Å². The molecule has 1 aliphatic heterocycles. The molecule has 1 heterocycles. The lowest BCUT2D eigenvalue weighted by Crippen LogP contribution is -2.33. The van der Waals surface area contributed by atoms with Crippen molar-refractivity contribution in [2.75, 3.05) is 31.4 Å². The molecule has 0 aromatic heterocycles. The highest BCUT2D eigenvalue weighted by Gasteiger charge is 2.26. The molecule has 1 aliphatic rings. The number of nitro benzene ring substituents is 1. The summed E-state index contributed by atoms with van der Waals surface area (Å²) in [4.78, 5) is 12.3. The fourth-order valence-electron chi connectivity index (χ4n) is 3.51. The molecule has 0 amide bonds. The molecule has 7 nitrogen and oxygen atoms in total. The number of piperidine rings is 1. The molecule has 3 rings (SSSR count). The summed E-state index contributed by atoms with van der Waals surface area (Å²) >= 11 is 0. The maximum absolute atomic E-state index is 12.0. The molecule has 0 N–H and O–H groups in total. The SMILES string of the molecule is COc1cccc(C2CCN(c3ccc([N+](=O)[O-])c(S(C)(=O)=O)c3)CC2)c1. The largest absolute Gasteiger partial charge is 0.497 e. The van der Waals surface area contributed by atoms with Crippen LogP contribution < -0.4 is 9.64 Å². The summed E-state index contributed by atoms with van der Waals surface area (Å²) in [5.41, 5.74) is 1.55. The summed E-state index contributed by atoms with van der Waals surface area (Å²) in [5.74, 6) is 1.24. The first-order valence-corrected chi connectivity index (χ1v) is 10.6. The van der Waals surface area contributed by atoms with E-state index in [9.17, 15) is 18.5 Å². The highest BCUT2D eigenvalue weighted by atomic mass is 32.2. The minimum Gasteiger partial charge on any atom is -0.497 e. The van der Waals surface area contributed by atoms with Gasteiger partial charge in [-0.05, 0) is 48.6 Å². The van der Waals surface area contributed by atoms with Crippen molar-refractivity contribution in [1.82, 2.24) is 0 Å². The van der Waals surface area contributed by atoms with Gasteiger partial charge in [0.1, 0.15) is 10.6 Å². The van der Waals surface area contributed by atoms with Crippen LogP contribution >= 0.6 is 0 Å². The molecule has 144 valence electrons. The lowest BCUT2D eigenvalue weighted by atomic mass is 9.89. The van der Waals surface area contributed by atoms with Crippen LogP contribution in [0.5, 0.6) is 5.75 Å². The Bertz CT molecular complexity index is 950. The molecule has 2 aromatic carbocycles. The molecule has 0 bridgehead atoms. The van der Waals surface area contributed by atoms with E-state index in [4.69, 9.17) is 4.74 Å². The maximum Gasteiger partial charge on any atom is 0.288 e. The summed E-state index contributed by atoms with van der Waals surface area (Å²) in [5, 5.41) is 11.1. The number of methoxy groups -OCH3 is 1. The zero-order chi connectivity index (χ0) is 19.6. The van der Waals surface area contributed by atoms with E-state index in [1.54, 1.807) is 13.2 Å². The summed E-state index contributed by atoms with van der Waals surface area (Å²) in [6.07, 6.45) is 2.82. The Morgan fingerprint density at radius 3 is 2.44 bits per heavy atom. The highest BCUT2D eigenvalue weighted by molar-refractivity contribution is 7.90. The van der Waals surface area contributed by atoms with E-state index in [0.29, 0.717) is 11.6 Å². The number of nitrogens with zero attached hydrogens (tertiary/aromatic N) is 2. The van der Waals surface area contributed by atoms with Gasteiger partial charge >= 0.3 is 0 Å². The quantitative estimate of drug-likeness (QED) is 0.574. The Morgan fingerprint density at radius 2 is 1.85 bits per heavy atom. The molecule has 0 aliphatic carbocycles. The van der Waals surface area contributed by atoms with Gasteiger partial charge in [0.15, 0.2) is 9.84 Å². The number of hydrogen-bond acceptors (Lipinski definition) is 6. The summed E-state index contributed by atoms with van der Waals surface area (Å²) < 4.78 is 29.2. The average molecular weight is 390 g/mol. The second kappa shape index (κ2) is 7.56. The van der Waals surface area contributed by atoms with Crippen LogP contribution in [0.4, 0.5) is 11.4 Å². The van der Waals surface area contributed by atoms with Gasteiger partial charge in [-0.15, -0.1) is 0 Å². The van der Waals surface area contributed by atoms with Gasteiger partial charge in [0, 0.05) is 31.1 Å². The van der Waals surface area contributed by atoms with Crippen LogP contribution in [0, 0.1) is 10.1 Å². The molecule has 0 spiro atoms. The van der Waals surface area contributed by atoms with Gasteiger partial charge in [-0.1, -0.05) is 12.1 Å². The first-order chi connectivity index (χ1) is 12.8. The van der Waals surface area contributed by atoms with Crippen LogP contribution in [0.2, 0.25) is 0 Å². The number of sulfone groups is 1. The fraction of sp³-hybridized carbons (Fsp3) is 0.368. The van der Waals surface area contributed by atoms with Crippen molar-refractivity contribution < 1.29 is 18.1 Å². The van der Waals surface area contributed by atoms with E-state index in [-0.39, 0.29) is 10.6 Å². The molecule has 0 atom stereocenters. The van der Waals surface area contributed by atoms with Crippen molar-refractivity contribution in [1.29, 1.82) is 0 Å². The van der Waals surface area contributed by atoms with Crippen molar-refractivity contribution in [3.8, 4) is 5.75 Å². The molecular formula is C19H22N2O5S. The number of hydrogen-bond donors (Lipinski definition) is 0. The van der Waals surface area contributed by atoms with Gasteiger partial charge in [-0.25, -0.2) is 8.42 Å². The molecule has 0 saturated carbocycles. The molecule has 0 unspecified atom stereocenters. The summed E-state index contributed by atoms with van der Waals surface area (Å²) in [6, 6.07) is 12.4. The first-order valence-electron chi connectivity index (χ1n) is 8.67. The molecule has 1 fully saturated rings. The van der Waals surface area contributed by atoms with E-state index >= 15 is 0 Å². The third-order valence-electron chi connectivity index (χ3n) is 4.96. The van der Waals surface area contributed by atoms with Crippen LogP contribution in [0.25, 0.3) is 0 Å². The minimum atomic E-state index is -3.68. The lowest BCUT2D eigenvalue weighted by molar-refractivity contribution is -0.387. The zero-order valence-electron chi connectivity index (χ0n) is 15.3.